The molecule has 134 valence electrons. The molecule has 2 aliphatic rings. The zero-order valence-corrected chi connectivity index (χ0v) is 14.1. The van der Waals surface area contributed by atoms with Crippen molar-refractivity contribution in [2.24, 2.45) is 5.92 Å². The molecule has 23 heavy (non-hydrogen) atoms. The maximum absolute atomic E-state index is 11.7. The lowest BCUT2D eigenvalue weighted by molar-refractivity contribution is -0.124. The van der Waals surface area contributed by atoms with Crippen LogP contribution in [0.25, 0.3) is 0 Å². The van der Waals surface area contributed by atoms with Gasteiger partial charge in [-0.1, -0.05) is 38.5 Å². The van der Waals surface area contributed by atoms with E-state index in [0.29, 0.717) is 11.7 Å². The number of Topliss-reactive ketones (excluding diaryl/α,β-unsaturated/α-hetero) is 1. The minimum absolute atomic E-state index is 0.109. The van der Waals surface area contributed by atoms with E-state index >= 15 is 0 Å². The highest BCUT2D eigenvalue weighted by Crippen LogP contribution is 2.25. The molecule has 5 atom stereocenters. The normalized spacial score (nSPS) is 34.9. The highest BCUT2D eigenvalue weighted by molar-refractivity contribution is 5.81. The molecule has 1 unspecified atom stereocenters. The lowest BCUT2D eigenvalue weighted by atomic mass is 9.84. The number of carbonyl (C=O) groups excluding carboxylic acids is 1. The van der Waals surface area contributed by atoms with Crippen LogP contribution in [0.2, 0.25) is 0 Å². The molecule has 1 saturated heterocycles. The number of carbonyl (C=O) groups is 1. The second kappa shape index (κ2) is 9.72. The lowest BCUT2D eigenvalue weighted by Crippen LogP contribution is -2.36. The number of unbranched alkanes of at least 4 members (excludes halogenated alkanes) is 4. The summed E-state index contributed by atoms with van der Waals surface area (Å²) in [5.41, 5.74) is 0. The minimum atomic E-state index is -0.863. The van der Waals surface area contributed by atoms with E-state index in [1.54, 1.807) is 0 Å². The molecule has 0 spiro atoms. The van der Waals surface area contributed by atoms with Crippen LogP contribution in [0.5, 0.6) is 0 Å². The molecule has 1 aliphatic carbocycles. The van der Waals surface area contributed by atoms with Crippen molar-refractivity contribution in [1.29, 1.82) is 0 Å². The van der Waals surface area contributed by atoms with Crippen molar-refractivity contribution in [1.82, 2.24) is 5.32 Å². The Labute approximate surface area is 139 Å². The monoisotopic (exact) mass is 327 g/mol. The summed E-state index contributed by atoms with van der Waals surface area (Å²) in [5, 5.41) is 31.9. The van der Waals surface area contributed by atoms with Gasteiger partial charge in [0, 0.05) is 18.4 Å². The topological polar surface area (TPSA) is 89.8 Å². The van der Waals surface area contributed by atoms with Crippen LogP contribution >= 0.6 is 0 Å². The molecule has 4 N–H and O–H groups in total. The molecule has 5 nitrogen and oxygen atoms in total. The smallest absolute Gasteiger partial charge is 0.135 e. The number of nitrogens with one attached hydrogen (secondary N) is 1. The first-order valence-corrected chi connectivity index (χ1v) is 9.39. The van der Waals surface area contributed by atoms with Gasteiger partial charge >= 0.3 is 0 Å². The zero-order valence-electron chi connectivity index (χ0n) is 14.1. The summed E-state index contributed by atoms with van der Waals surface area (Å²) in [4.78, 5) is 11.7. The van der Waals surface area contributed by atoms with Crippen molar-refractivity contribution >= 4 is 5.78 Å². The van der Waals surface area contributed by atoms with Crippen molar-refractivity contribution in [3.05, 3.63) is 0 Å². The first-order valence-electron chi connectivity index (χ1n) is 9.39. The molecule has 1 saturated carbocycles. The zero-order chi connectivity index (χ0) is 16.7. The summed E-state index contributed by atoms with van der Waals surface area (Å²) in [6, 6.07) is -0.509. The van der Waals surface area contributed by atoms with Crippen LogP contribution in [-0.2, 0) is 4.79 Å². The maximum Gasteiger partial charge on any atom is 0.135 e. The van der Waals surface area contributed by atoms with Gasteiger partial charge in [0.25, 0.3) is 0 Å². The number of ketones is 1. The van der Waals surface area contributed by atoms with Crippen LogP contribution in [0, 0.1) is 5.92 Å². The second-order valence-electron chi connectivity index (χ2n) is 7.30. The maximum atomic E-state index is 11.7. The van der Waals surface area contributed by atoms with Gasteiger partial charge in [0.2, 0.25) is 0 Å². The number of hydrogen-bond donors (Lipinski definition) is 4. The van der Waals surface area contributed by atoms with Crippen molar-refractivity contribution in [3.8, 4) is 0 Å². The standard InChI is InChI=1S/C18H33NO4/c20-12-15-18(23)17(22)14(19-15)10-5-3-1-2-4-8-13-9-6-7-11-16(13)21/h13-15,17-20,22-23H,1-12H2/t13?,14-,15-,17-,18-/m1/s1. The third kappa shape index (κ3) is 5.52. The molecule has 0 bridgehead atoms. The Bertz CT molecular complexity index is 363. The van der Waals surface area contributed by atoms with Gasteiger partial charge in [-0.3, -0.25) is 4.79 Å². The highest BCUT2D eigenvalue weighted by Gasteiger charge is 2.39. The lowest BCUT2D eigenvalue weighted by Gasteiger charge is -2.20. The van der Waals surface area contributed by atoms with Crippen molar-refractivity contribution < 1.29 is 20.1 Å². The molecule has 1 aliphatic heterocycles. The molecule has 0 amide bonds. The van der Waals surface area contributed by atoms with E-state index in [0.717, 1.165) is 57.8 Å². The molecule has 0 radical (unpaired) electrons. The van der Waals surface area contributed by atoms with Crippen LogP contribution in [0.3, 0.4) is 0 Å². The van der Waals surface area contributed by atoms with E-state index in [1.165, 1.54) is 12.8 Å². The number of aliphatic hydroxyl groups excluding tert-OH is 3. The molecule has 0 aromatic carbocycles. The van der Waals surface area contributed by atoms with Crippen LogP contribution in [0.4, 0.5) is 0 Å². The molecular weight excluding hydrogens is 294 g/mol. The van der Waals surface area contributed by atoms with Gasteiger partial charge in [-0.05, 0) is 25.7 Å². The van der Waals surface area contributed by atoms with Crippen LogP contribution in [0.15, 0.2) is 0 Å². The fraction of sp³-hybridized carbons (Fsp3) is 0.944. The Balaban J connectivity index is 1.49. The summed E-state index contributed by atoms with van der Waals surface area (Å²) >= 11 is 0. The summed E-state index contributed by atoms with van der Waals surface area (Å²) in [7, 11) is 0. The van der Waals surface area contributed by atoms with Crippen LogP contribution in [0.1, 0.15) is 70.6 Å². The van der Waals surface area contributed by atoms with Crippen molar-refractivity contribution in [3.63, 3.8) is 0 Å². The molecule has 0 aromatic rings. The van der Waals surface area contributed by atoms with Gasteiger partial charge in [-0.15, -0.1) is 0 Å². The van der Waals surface area contributed by atoms with Gasteiger partial charge in [0.05, 0.1) is 24.9 Å². The Morgan fingerprint density at radius 1 is 0.913 bits per heavy atom. The summed E-state index contributed by atoms with van der Waals surface area (Å²) < 4.78 is 0. The Kier molecular flexibility index (Phi) is 7.96. The average molecular weight is 327 g/mol. The fourth-order valence-corrected chi connectivity index (χ4v) is 4.01. The van der Waals surface area contributed by atoms with Gasteiger partial charge in [0.1, 0.15) is 5.78 Å². The molecule has 2 rings (SSSR count). The van der Waals surface area contributed by atoms with E-state index in [4.69, 9.17) is 5.11 Å². The third-order valence-electron chi connectivity index (χ3n) is 5.55. The predicted molar refractivity (Wildman–Crippen MR) is 89.1 cm³/mol. The van der Waals surface area contributed by atoms with Crippen LogP contribution in [-0.4, -0.2) is 52.0 Å². The van der Waals surface area contributed by atoms with Gasteiger partial charge < -0.3 is 20.6 Å². The highest BCUT2D eigenvalue weighted by atomic mass is 16.3. The molecule has 5 heteroatoms. The Morgan fingerprint density at radius 2 is 1.57 bits per heavy atom. The Hall–Kier alpha value is -0.490. The van der Waals surface area contributed by atoms with Crippen molar-refractivity contribution in [2.75, 3.05) is 6.61 Å². The van der Waals surface area contributed by atoms with Crippen molar-refractivity contribution in [2.45, 2.75) is 94.9 Å². The van der Waals surface area contributed by atoms with Gasteiger partial charge in [0.15, 0.2) is 0 Å². The fourth-order valence-electron chi connectivity index (χ4n) is 4.01. The summed E-state index contributed by atoms with van der Waals surface area (Å²) in [6.45, 7) is -0.144. The SMILES string of the molecule is O=C1CCCCC1CCCCCCC[C@H]1N[C@H](CO)[C@@H](O)[C@@H]1O. The molecule has 1 heterocycles. The largest absolute Gasteiger partial charge is 0.395 e. The molecule has 2 fully saturated rings. The molecular formula is C18H33NO4. The van der Waals surface area contributed by atoms with E-state index in [2.05, 4.69) is 5.32 Å². The first kappa shape index (κ1) is 18.8. The summed E-state index contributed by atoms with van der Waals surface area (Å²) in [6.07, 6.45) is 10.1. The van der Waals surface area contributed by atoms with Gasteiger partial charge in [-0.25, -0.2) is 0 Å². The second-order valence-corrected chi connectivity index (χ2v) is 7.30. The minimum Gasteiger partial charge on any atom is -0.395 e. The van der Waals surface area contributed by atoms with E-state index in [9.17, 15) is 15.0 Å². The van der Waals surface area contributed by atoms with E-state index < -0.39 is 18.2 Å². The molecule has 0 aromatic heterocycles. The average Bonchev–Trinajstić information content (AvgIpc) is 2.83. The Morgan fingerprint density at radius 3 is 2.22 bits per heavy atom. The number of aliphatic hydroxyl groups is 3. The first-order chi connectivity index (χ1) is 11.1. The summed E-state index contributed by atoms with van der Waals surface area (Å²) in [5.74, 6) is 0.813. The van der Waals surface area contributed by atoms with E-state index in [-0.39, 0.29) is 12.6 Å². The number of rotatable bonds is 9. The van der Waals surface area contributed by atoms with Crippen LogP contribution < -0.4 is 5.32 Å². The third-order valence-corrected chi connectivity index (χ3v) is 5.55. The van der Waals surface area contributed by atoms with Gasteiger partial charge in [-0.2, -0.15) is 0 Å². The number of hydrogen-bond acceptors (Lipinski definition) is 5. The quantitative estimate of drug-likeness (QED) is 0.482. The van der Waals surface area contributed by atoms with E-state index in [1.807, 2.05) is 0 Å². The predicted octanol–water partition coefficient (Wildman–Crippen LogP) is 1.53.